The highest BCUT2D eigenvalue weighted by molar-refractivity contribution is 6.31. The van der Waals surface area contributed by atoms with Crippen LogP contribution < -0.4 is 5.32 Å². The fraction of sp³-hybridized carbons (Fsp3) is 0.389. The Morgan fingerprint density at radius 2 is 2.00 bits per heavy atom. The zero-order valence-corrected chi connectivity index (χ0v) is 15.3. The molecule has 134 valence electrons. The molecule has 1 heterocycles. The van der Waals surface area contributed by atoms with E-state index in [1.54, 1.807) is 23.9 Å². The van der Waals surface area contributed by atoms with E-state index in [4.69, 9.17) is 16.3 Å². The molecule has 1 unspecified atom stereocenters. The van der Waals surface area contributed by atoms with Gasteiger partial charge in [-0.25, -0.2) is 4.79 Å². The first-order valence-corrected chi connectivity index (χ1v) is 8.49. The Hall–Kier alpha value is -2.34. The summed E-state index contributed by atoms with van der Waals surface area (Å²) in [4.78, 5) is 24.0. The topological polar surface area (TPSA) is 73.2 Å². The minimum Gasteiger partial charge on any atom is -0.449 e. The third kappa shape index (κ3) is 5.60. The average molecular weight is 364 g/mol. The number of hydrogen-bond acceptors (Lipinski definition) is 4. The second-order valence-electron chi connectivity index (χ2n) is 6.20. The van der Waals surface area contributed by atoms with Crippen molar-refractivity contribution in [3.63, 3.8) is 0 Å². The summed E-state index contributed by atoms with van der Waals surface area (Å²) in [6, 6.07) is 7.43. The van der Waals surface area contributed by atoms with Gasteiger partial charge in [0.1, 0.15) is 0 Å². The first-order chi connectivity index (χ1) is 11.9. The number of rotatable bonds is 7. The zero-order valence-electron chi connectivity index (χ0n) is 14.5. The van der Waals surface area contributed by atoms with Crippen LogP contribution in [0, 0.1) is 5.92 Å². The number of halogens is 1. The molecular weight excluding hydrogens is 342 g/mol. The van der Waals surface area contributed by atoms with Crippen LogP contribution in [0.1, 0.15) is 36.7 Å². The third-order valence-corrected chi connectivity index (χ3v) is 3.87. The molecule has 1 atom stereocenters. The summed E-state index contributed by atoms with van der Waals surface area (Å²) in [6.45, 7) is 6.50. The molecule has 1 amide bonds. The molecule has 2 rings (SSSR count). The lowest BCUT2D eigenvalue weighted by molar-refractivity contribution is -0.129. The molecule has 1 aromatic carbocycles. The molecule has 0 saturated carbocycles. The molecule has 0 aliphatic carbocycles. The van der Waals surface area contributed by atoms with Crippen LogP contribution in [0.25, 0.3) is 0 Å². The van der Waals surface area contributed by atoms with E-state index in [1.807, 2.05) is 32.0 Å². The monoisotopic (exact) mass is 363 g/mol. The Kier molecular flexibility index (Phi) is 6.58. The predicted octanol–water partition coefficient (Wildman–Crippen LogP) is 2.90. The van der Waals surface area contributed by atoms with Crippen LogP contribution in [0.3, 0.4) is 0 Å². The van der Waals surface area contributed by atoms with Gasteiger partial charge in [0.15, 0.2) is 6.10 Å². The maximum atomic E-state index is 12.1. The second-order valence-corrected chi connectivity index (χ2v) is 6.61. The first-order valence-electron chi connectivity index (χ1n) is 8.11. The molecule has 1 aromatic heterocycles. The summed E-state index contributed by atoms with van der Waals surface area (Å²) in [5, 5.41) is 7.51. The predicted molar refractivity (Wildman–Crippen MR) is 95.5 cm³/mol. The van der Waals surface area contributed by atoms with Crippen molar-refractivity contribution in [2.45, 2.75) is 33.4 Å². The average Bonchev–Trinajstić information content (AvgIpc) is 3.03. The van der Waals surface area contributed by atoms with Crippen LogP contribution in [0.2, 0.25) is 5.02 Å². The highest BCUT2D eigenvalue weighted by atomic mass is 35.5. The summed E-state index contributed by atoms with van der Waals surface area (Å²) in [7, 11) is 0. The van der Waals surface area contributed by atoms with E-state index in [0.717, 1.165) is 5.56 Å². The highest BCUT2D eigenvalue weighted by Gasteiger charge is 2.20. The maximum absolute atomic E-state index is 12.1. The van der Waals surface area contributed by atoms with Crippen LogP contribution in [0.4, 0.5) is 0 Å². The lowest BCUT2D eigenvalue weighted by atomic mass is 10.2. The molecular formula is C18H22ClN3O3. The number of benzene rings is 1. The Morgan fingerprint density at radius 3 is 2.68 bits per heavy atom. The van der Waals surface area contributed by atoms with Gasteiger partial charge in [0, 0.05) is 17.8 Å². The summed E-state index contributed by atoms with van der Waals surface area (Å²) < 4.78 is 6.79. The second kappa shape index (κ2) is 8.67. The van der Waals surface area contributed by atoms with Gasteiger partial charge in [0.25, 0.3) is 5.91 Å². The molecule has 0 saturated heterocycles. The van der Waals surface area contributed by atoms with E-state index >= 15 is 0 Å². The lowest BCUT2D eigenvalue weighted by Crippen LogP contribution is -2.37. The van der Waals surface area contributed by atoms with E-state index in [-0.39, 0.29) is 11.5 Å². The smallest absolute Gasteiger partial charge is 0.342 e. The fourth-order valence-corrected chi connectivity index (χ4v) is 2.28. The highest BCUT2D eigenvalue weighted by Crippen LogP contribution is 2.16. The fourth-order valence-electron chi connectivity index (χ4n) is 2.09. The molecule has 2 aromatic rings. The maximum Gasteiger partial charge on any atom is 0.342 e. The lowest BCUT2D eigenvalue weighted by Gasteiger charge is -2.14. The summed E-state index contributed by atoms with van der Waals surface area (Å²) in [5.74, 6) is -0.571. The molecule has 7 heteroatoms. The minimum atomic E-state index is -0.863. The Morgan fingerprint density at radius 1 is 1.28 bits per heavy atom. The number of carbonyl (C=O) groups excluding carboxylic acids is 2. The molecule has 0 aliphatic rings. The van der Waals surface area contributed by atoms with Crippen LogP contribution in [0.5, 0.6) is 0 Å². The van der Waals surface area contributed by atoms with Gasteiger partial charge in [0.2, 0.25) is 0 Å². The molecule has 1 N–H and O–H groups in total. The number of carbonyl (C=O) groups is 2. The van der Waals surface area contributed by atoms with Crippen molar-refractivity contribution >= 4 is 23.5 Å². The summed E-state index contributed by atoms with van der Waals surface area (Å²) >= 11 is 6.12. The molecule has 25 heavy (non-hydrogen) atoms. The summed E-state index contributed by atoms with van der Waals surface area (Å²) in [6.07, 6.45) is 2.13. The Labute approximate surface area is 152 Å². The van der Waals surface area contributed by atoms with Crippen LogP contribution >= 0.6 is 11.6 Å². The Balaban J connectivity index is 1.94. The van der Waals surface area contributed by atoms with Crippen molar-refractivity contribution in [2.75, 3.05) is 6.54 Å². The molecule has 0 spiro atoms. The van der Waals surface area contributed by atoms with Crippen LogP contribution in [0.15, 0.2) is 36.7 Å². The number of esters is 1. The largest absolute Gasteiger partial charge is 0.449 e. The molecule has 0 radical (unpaired) electrons. The summed E-state index contributed by atoms with van der Waals surface area (Å²) in [5.41, 5.74) is 1.18. The van der Waals surface area contributed by atoms with Crippen LogP contribution in [-0.2, 0) is 16.1 Å². The van der Waals surface area contributed by atoms with E-state index in [2.05, 4.69) is 10.4 Å². The number of hydrogen-bond donors (Lipinski definition) is 1. The number of nitrogens with zero attached hydrogens (tertiary/aromatic N) is 2. The van der Waals surface area contributed by atoms with Crippen molar-refractivity contribution < 1.29 is 14.3 Å². The number of ether oxygens (including phenoxy) is 1. The normalized spacial score (nSPS) is 12.0. The molecule has 0 bridgehead atoms. The van der Waals surface area contributed by atoms with Gasteiger partial charge in [-0.1, -0.05) is 43.6 Å². The number of amides is 1. The van der Waals surface area contributed by atoms with E-state index in [0.29, 0.717) is 24.0 Å². The quantitative estimate of drug-likeness (QED) is 0.767. The Bertz CT molecular complexity index is 743. The minimum absolute atomic E-state index is 0.288. The van der Waals surface area contributed by atoms with Crippen molar-refractivity contribution in [1.82, 2.24) is 15.1 Å². The van der Waals surface area contributed by atoms with E-state index < -0.39 is 12.1 Å². The standard InChI is InChI=1S/C18H22ClN3O3/c1-12(2)8-20-17(23)13(3)25-18(24)15-9-21-22(11-15)10-14-6-4-5-7-16(14)19/h4-7,9,11-13H,8,10H2,1-3H3,(H,20,23). The van der Waals surface area contributed by atoms with E-state index in [9.17, 15) is 9.59 Å². The van der Waals surface area contributed by atoms with E-state index in [1.165, 1.54) is 6.20 Å². The van der Waals surface area contributed by atoms with Crippen molar-refractivity contribution in [3.05, 3.63) is 52.8 Å². The molecule has 6 nitrogen and oxygen atoms in total. The van der Waals surface area contributed by atoms with Gasteiger partial charge in [-0.05, 0) is 24.5 Å². The molecule has 0 fully saturated rings. The van der Waals surface area contributed by atoms with Crippen LogP contribution in [-0.4, -0.2) is 34.3 Å². The molecule has 0 aliphatic heterocycles. The zero-order chi connectivity index (χ0) is 18.4. The van der Waals surface area contributed by atoms with Crippen molar-refractivity contribution in [3.8, 4) is 0 Å². The van der Waals surface area contributed by atoms with Gasteiger partial charge in [-0.15, -0.1) is 0 Å². The number of aromatic nitrogens is 2. The number of nitrogens with one attached hydrogen (secondary N) is 1. The SMILES string of the molecule is CC(C)CNC(=O)C(C)OC(=O)c1cnn(Cc2ccccc2Cl)c1. The van der Waals surface area contributed by atoms with Gasteiger partial charge < -0.3 is 10.1 Å². The van der Waals surface area contributed by atoms with Gasteiger partial charge in [-0.3, -0.25) is 9.48 Å². The third-order valence-electron chi connectivity index (χ3n) is 3.50. The van der Waals surface area contributed by atoms with Gasteiger partial charge in [0.05, 0.1) is 18.3 Å². The van der Waals surface area contributed by atoms with Gasteiger partial charge >= 0.3 is 5.97 Å². The van der Waals surface area contributed by atoms with Crippen molar-refractivity contribution in [2.24, 2.45) is 5.92 Å². The van der Waals surface area contributed by atoms with Crippen molar-refractivity contribution in [1.29, 1.82) is 0 Å². The first kappa shape index (κ1) is 19.0. The van der Waals surface area contributed by atoms with Gasteiger partial charge in [-0.2, -0.15) is 5.10 Å².